The molecule has 0 saturated carbocycles. The molecule has 0 radical (unpaired) electrons. The predicted molar refractivity (Wildman–Crippen MR) is 131 cm³/mol. The summed E-state index contributed by atoms with van der Waals surface area (Å²) in [5, 5.41) is 2.95. The van der Waals surface area contributed by atoms with Gasteiger partial charge in [0.05, 0.1) is 12.5 Å². The smallest absolute Gasteiger partial charge is 0.246 e. The quantitative estimate of drug-likeness (QED) is 0.565. The van der Waals surface area contributed by atoms with Gasteiger partial charge < -0.3 is 10.1 Å². The van der Waals surface area contributed by atoms with Crippen LogP contribution in [0, 0.1) is 5.92 Å². The second kappa shape index (κ2) is 11.6. The van der Waals surface area contributed by atoms with Crippen LogP contribution in [0.2, 0.25) is 0 Å². The van der Waals surface area contributed by atoms with Gasteiger partial charge in [-0.3, -0.25) is 9.69 Å². The number of rotatable bonds is 10. The van der Waals surface area contributed by atoms with Crippen molar-refractivity contribution in [1.29, 1.82) is 0 Å². The van der Waals surface area contributed by atoms with Crippen LogP contribution in [0.1, 0.15) is 39.2 Å². The molecule has 180 valence electrons. The number of hydrogen-bond donors (Lipinski definition) is 1. The number of ether oxygens (including phenoxy) is 1. The molecule has 0 bridgehead atoms. The Morgan fingerprint density at radius 1 is 1.12 bits per heavy atom. The maximum absolute atomic E-state index is 13.2. The van der Waals surface area contributed by atoms with Crippen molar-refractivity contribution >= 4 is 21.6 Å². The predicted octanol–water partition coefficient (Wildman–Crippen LogP) is 3.97. The highest BCUT2D eigenvalue weighted by Crippen LogP contribution is 2.30. The minimum absolute atomic E-state index is 0.0805. The van der Waals surface area contributed by atoms with Crippen molar-refractivity contribution in [1.82, 2.24) is 9.21 Å². The molecule has 0 aromatic heterocycles. The highest BCUT2D eigenvalue weighted by atomic mass is 32.2. The summed E-state index contributed by atoms with van der Waals surface area (Å²) in [6.07, 6.45) is 1.77. The van der Waals surface area contributed by atoms with Crippen LogP contribution in [0.3, 0.4) is 0 Å². The number of benzene rings is 2. The van der Waals surface area contributed by atoms with Gasteiger partial charge in [-0.2, -0.15) is 4.31 Å². The molecule has 1 aliphatic heterocycles. The Balaban J connectivity index is 1.75. The van der Waals surface area contributed by atoms with Crippen molar-refractivity contribution in [3.05, 3.63) is 54.1 Å². The lowest BCUT2D eigenvalue weighted by molar-refractivity contribution is -0.121. The first kappa shape index (κ1) is 25.2. The van der Waals surface area contributed by atoms with E-state index in [9.17, 15) is 13.2 Å². The van der Waals surface area contributed by atoms with Crippen LogP contribution in [0.15, 0.2) is 53.4 Å². The van der Waals surface area contributed by atoms with E-state index < -0.39 is 10.0 Å². The van der Waals surface area contributed by atoms with E-state index in [1.54, 1.807) is 26.0 Å². The van der Waals surface area contributed by atoms with E-state index in [0.29, 0.717) is 37.7 Å². The molecule has 7 nitrogen and oxygen atoms in total. The summed E-state index contributed by atoms with van der Waals surface area (Å²) in [6.45, 7) is 8.96. The Bertz CT molecular complexity index is 1020. The molecule has 1 aliphatic rings. The molecular formula is C25H35N3O4S. The first-order valence-electron chi connectivity index (χ1n) is 11.7. The molecule has 8 heteroatoms. The van der Waals surface area contributed by atoms with Crippen molar-refractivity contribution in [3.63, 3.8) is 0 Å². The maximum Gasteiger partial charge on any atom is 0.246 e. The summed E-state index contributed by atoms with van der Waals surface area (Å²) in [5.74, 6) is 0.0779. The summed E-state index contributed by atoms with van der Waals surface area (Å²) in [4.78, 5) is 15.4. The van der Waals surface area contributed by atoms with Crippen LogP contribution in [-0.4, -0.2) is 56.3 Å². The molecule has 1 amide bonds. The van der Waals surface area contributed by atoms with E-state index in [4.69, 9.17) is 4.74 Å². The molecule has 1 saturated heterocycles. The zero-order valence-corrected chi connectivity index (χ0v) is 20.6. The van der Waals surface area contributed by atoms with Gasteiger partial charge in [-0.25, -0.2) is 8.42 Å². The fourth-order valence-corrected chi connectivity index (χ4v) is 5.88. The Labute approximate surface area is 197 Å². The molecule has 1 heterocycles. The summed E-state index contributed by atoms with van der Waals surface area (Å²) in [7, 11) is -3.73. The van der Waals surface area contributed by atoms with Crippen LogP contribution in [0.5, 0.6) is 5.75 Å². The topological polar surface area (TPSA) is 79.0 Å². The number of likely N-dealkylation sites (tertiary alicyclic amines) is 1. The Hall–Kier alpha value is -2.42. The normalized spacial score (nSPS) is 17.2. The minimum atomic E-state index is -3.73. The van der Waals surface area contributed by atoms with Crippen molar-refractivity contribution < 1.29 is 17.9 Å². The van der Waals surface area contributed by atoms with Gasteiger partial charge in [0.1, 0.15) is 10.6 Å². The molecule has 1 N–H and O–H groups in total. The van der Waals surface area contributed by atoms with Gasteiger partial charge >= 0.3 is 0 Å². The van der Waals surface area contributed by atoms with Gasteiger partial charge in [0.25, 0.3) is 0 Å². The number of carbonyl (C=O) groups is 1. The number of anilines is 1. The second-order valence-corrected chi connectivity index (χ2v) is 10.1. The fourth-order valence-electron chi connectivity index (χ4n) is 4.26. The summed E-state index contributed by atoms with van der Waals surface area (Å²) in [5.41, 5.74) is 1.70. The number of sulfonamides is 1. The van der Waals surface area contributed by atoms with Crippen LogP contribution in [0.4, 0.5) is 5.69 Å². The van der Waals surface area contributed by atoms with E-state index >= 15 is 0 Å². The van der Waals surface area contributed by atoms with Gasteiger partial charge in [0.15, 0.2) is 0 Å². The molecule has 1 atom stereocenters. The minimum Gasteiger partial charge on any atom is -0.492 e. The average molecular weight is 474 g/mol. The van der Waals surface area contributed by atoms with E-state index in [1.807, 2.05) is 25.1 Å². The van der Waals surface area contributed by atoms with Gasteiger partial charge in [0, 0.05) is 31.9 Å². The highest BCUT2D eigenvalue weighted by molar-refractivity contribution is 7.89. The molecular weight excluding hydrogens is 438 g/mol. The molecule has 2 aromatic carbocycles. The van der Waals surface area contributed by atoms with Gasteiger partial charge in [-0.15, -0.1) is 0 Å². The second-order valence-electron chi connectivity index (χ2n) is 8.23. The summed E-state index contributed by atoms with van der Waals surface area (Å²) < 4.78 is 33.3. The highest BCUT2D eigenvalue weighted by Gasteiger charge is 2.28. The van der Waals surface area contributed by atoms with Crippen molar-refractivity contribution in [2.45, 2.75) is 45.1 Å². The number of carbonyl (C=O) groups excluding carboxylic acids is 1. The Morgan fingerprint density at radius 3 is 2.52 bits per heavy atom. The van der Waals surface area contributed by atoms with Gasteiger partial charge in [-0.1, -0.05) is 44.2 Å². The molecule has 1 unspecified atom stereocenters. The van der Waals surface area contributed by atoms with Crippen LogP contribution >= 0.6 is 0 Å². The zero-order chi connectivity index (χ0) is 23.8. The number of hydrogen-bond acceptors (Lipinski definition) is 5. The third-order valence-electron chi connectivity index (χ3n) is 5.96. The zero-order valence-electron chi connectivity index (χ0n) is 19.8. The van der Waals surface area contributed by atoms with Gasteiger partial charge in [0.2, 0.25) is 15.9 Å². The Morgan fingerprint density at radius 2 is 1.85 bits per heavy atom. The number of piperidine rings is 1. The van der Waals surface area contributed by atoms with Crippen LogP contribution < -0.4 is 10.1 Å². The lowest BCUT2D eigenvalue weighted by Gasteiger charge is -2.32. The standard InChI is InChI=1S/C25H35N3O4S/c1-4-28(5-2)33(30,31)24-17-22(14-15-23(24)32-6-3)26-25(29)21-13-10-16-27(19-21)18-20-11-8-7-9-12-20/h7-9,11-12,14-15,17,21H,4-6,10,13,16,18-19H2,1-3H3,(H,26,29). The van der Waals surface area contributed by atoms with Gasteiger partial charge in [-0.05, 0) is 50.1 Å². The third-order valence-corrected chi connectivity index (χ3v) is 8.03. The van der Waals surface area contributed by atoms with Crippen molar-refractivity contribution in [3.8, 4) is 5.75 Å². The van der Waals surface area contributed by atoms with E-state index in [0.717, 1.165) is 25.9 Å². The summed E-state index contributed by atoms with van der Waals surface area (Å²) in [6, 6.07) is 15.1. The average Bonchev–Trinajstić information content (AvgIpc) is 2.81. The van der Waals surface area contributed by atoms with Crippen LogP contribution in [-0.2, 0) is 21.4 Å². The molecule has 0 aliphatic carbocycles. The van der Waals surface area contributed by atoms with Crippen molar-refractivity contribution in [2.75, 3.05) is 38.1 Å². The first-order chi connectivity index (χ1) is 15.9. The number of nitrogens with one attached hydrogen (secondary N) is 1. The van der Waals surface area contributed by atoms with Crippen molar-refractivity contribution in [2.24, 2.45) is 5.92 Å². The van der Waals surface area contributed by atoms with E-state index in [2.05, 4.69) is 22.3 Å². The molecule has 1 fully saturated rings. The lowest BCUT2D eigenvalue weighted by Crippen LogP contribution is -2.40. The van der Waals surface area contributed by atoms with Crippen LogP contribution in [0.25, 0.3) is 0 Å². The molecule has 0 spiro atoms. The SMILES string of the molecule is CCOc1ccc(NC(=O)C2CCCN(Cc3ccccc3)C2)cc1S(=O)(=O)N(CC)CC. The maximum atomic E-state index is 13.2. The lowest BCUT2D eigenvalue weighted by atomic mass is 9.96. The van der Waals surface area contributed by atoms with E-state index in [1.165, 1.54) is 15.9 Å². The number of nitrogens with zero attached hydrogens (tertiary/aromatic N) is 2. The monoisotopic (exact) mass is 473 g/mol. The third kappa shape index (κ3) is 6.34. The fraction of sp³-hybridized carbons (Fsp3) is 0.480. The molecule has 2 aromatic rings. The Kier molecular flexibility index (Phi) is 8.88. The molecule has 3 rings (SSSR count). The molecule has 33 heavy (non-hydrogen) atoms. The first-order valence-corrected chi connectivity index (χ1v) is 13.2. The number of amides is 1. The largest absolute Gasteiger partial charge is 0.492 e. The van der Waals surface area contributed by atoms with E-state index in [-0.39, 0.29) is 16.7 Å². The summed E-state index contributed by atoms with van der Waals surface area (Å²) >= 11 is 0.